The second kappa shape index (κ2) is 7.34. The van der Waals surface area contributed by atoms with Crippen LogP contribution in [0.1, 0.15) is 98.8 Å². The van der Waals surface area contributed by atoms with Crippen molar-refractivity contribution in [3.8, 4) is 0 Å². The molecule has 0 spiro atoms. The van der Waals surface area contributed by atoms with Crippen molar-refractivity contribution in [2.45, 2.75) is 111 Å². The number of ether oxygens (including phenoxy) is 2. The molecule has 1 saturated heterocycles. The van der Waals surface area contributed by atoms with E-state index in [1.54, 1.807) is 0 Å². The van der Waals surface area contributed by atoms with Crippen molar-refractivity contribution in [3.05, 3.63) is 11.6 Å². The van der Waals surface area contributed by atoms with Crippen LogP contribution in [0.5, 0.6) is 0 Å². The molecule has 3 saturated carbocycles. The van der Waals surface area contributed by atoms with Gasteiger partial charge < -0.3 is 9.47 Å². The first kappa shape index (κ1) is 21.5. The van der Waals surface area contributed by atoms with Gasteiger partial charge in [0, 0.05) is 19.4 Å². The Hall–Kier alpha value is -0.340. The summed E-state index contributed by atoms with van der Waals surface area (Å²) in [7, 11) is 1.89. The topological polar surface area (TPSA) is 18.5 Å². The lowest BCUT2D eigenvalue weighted by Gasteiger charge is -2.58. The molecule has 1 aliphatic heterocycles. The molecule has 0 bridgehead atoms. The summed E-state index contributed by atoms with van der Waals surface area (Å²) in [6.07, 6.45) is 16.5. The largest absolute Gasteiger partial charge is 0.353 e. The molecule has 0 radical (unpaired) electrons. The minimum Gasteiger partial charge on any atom is -0.353 e. The smallest absolute Gasteiger partial charge is 0.171 e. The van der Waals surface area contributed by atoms with Crippen LogP contribution in [0, 0.1) is 46.3 Å². The summed E-state index contributed by atoms with van der Waals surface area (Å²) < 4.78 is 13.1. The first-order chi connectivity index (χ1) is 14.2. The number of fused-ring (bicyclic) bond motifs is 7. The van der Waals surface area contributed by atoms with Crippen LogP contribution in [0.15, 0.2) is 11.6 Å². The third-order valence-electron chi connectivity index (χ3n) is 11.1. The molecule has 0 amide bonds. The van der Waals surface area contributed by atoms with Gasteiger partial charge in [0.1, 0.15) is 0 Å². The summed E-state index contributed by atoms with van der Waals surface area (Å²) in [6.45, 7) is 12.4. The molecule has 4 fully saturated rings. The number of methoxy groups -OCH3 is 1. The molecule has 0 N–H and O–H groups in total. The van der Waals surface area contributed by atoms with E-state index >= 15 is 0 Å². The molecule has 4 aliphatic carbocycles. The van der Waals surface area contributed by atoms with Crippen molar-refractivity contribution in [2.24, 2.45) is 46.3 Å². The molecule has 0 aromatic carbocycles. The summed E-state index contributed by atoms with van der Waals surface area (Å²) in [6, 6.07) is 0. The second-order valence-electron chi connectivity index (χ2n) is 12.7. The maximum Gasteiger partial charge on any atom is 0.171 e. The Morgan fingerprint density at radius 1 is 1.17 bits per heavy atom. The monoisotopic (exact) mass is 414 g/mol. The molecule has 2 heteroatoms. The van der Waals surface area contributed by atoms with Crippen LogP contribution < -0.4 is 0 Å². The van der Waals surface area contributed by atoms with E-state index in [0.29, 0.717) is 34.7 Å². The van der Waals surface area contributed by atoms with Gasteiger partial charge in [-0.05, 0) is 91.8 Å². The Balaban J connectivity index is 1.41. The number of rotatable bonds is 4. The van der Waals surface area contributed by atoms with Gasteiger partial charge in [0.15, 0.2) is 5.79 Å². The Bertz CT molecular complexity index is 697. The fraction of sp³-hybridized carbons (Fsp3) is 0.929. The van der Waals surface area contributed by atoms with E-state index in [9.17, 15) is 0 Å². The van der Waals surface area contributed by atoms with Gasteiger partial charge in [-0.1, -0.05) is 52.7 Å². The molecule has 0 aromatic heterocycles. The maximum atomic E-state index is 6.92. The van der Waals surface area contributed by atoms with Crippen molar-refractivity contribution in [3.63, 3.8) is 0 Å². The Morgan fingerprint density at radius 3 is 2.70 bits per heavy atom. The zero-order valence-corrected chi connectivity index (χ0v) is 20.5. The minimum atomic E-state index is -0.348. The van der Waals surface area contributed by atoms with Gasteiger partial charge in [0.2, 0.25) is 0 Å². The summed E-state index contributed by atoms with van der Waals surface area (Å²) in [5.74, 6) is 4.15. The summed E-state index contributed by atoms with van der Waals surface area (Å²) in [5, 5.41) is 0. The highest BCUT2D eigenvalue weighted by Gasteiger charge is 2.68. The van der Waals surface area contributed by atoms with Crippen molar-refractivity contribution in [2.75, 3.05) is 7.11 Å². The molecular formula is C28H46O2. The van der Waals surface area contributed by atoms with E-state index in [1.165, 1.54) is 57.8 Å². The fourth-order valence-electron chi connectivity index (χ4n) is 9.49. The first-order valence-corrected chi connectivity index (χ1v) is 13.2. The molecule has 1 heterocycles. The van der Waals surface area contributed by atoms with Crippen LogP contribution in [0.4, 0.5) is 0 Å². The van der Waals surface area contributed by atoms with Crippen LogP contribution in [0.3, 0.4) is 0 Å². The molecule has 0 unspecified atom stereocenters. The SMILES string of the molecule is CO[C@]1(CCC(C)C)O[C@H]2C[C@H]3[C@@H]4CC=C5CCCC[C@]5(C)[C@H]4CC[C@]3(C)[C@H]2[C@@H]1C. The number of hydrogen-bond donors (Lipinski definition) is 0. The van der Waals surface area contributed by atoms with Gasteiger partial charge in [-0.25, -0.2) is 0 Å². The predicted molar refractivity (Wildman–Crippen MR) is 123 cm³/mol. The molecule has 30 heavy (non-hydrogen) atoms. The average Bonchev–Trinajstić information content (AvgIpc) is 3.17. The van der Waals surface area contributed by atoms with Crippen LogP contribution in [-0.2, 0) is 9.47 Å². The minimum absolute atomic E-state index is 0.348. The molecule has 170 valence electrons. The van der Waals surface area contributed by atoms with Crippen molar-refractivity contribution in [1.29, 1.82) is 0 Å². The van der Waals surface area contributed by atoms with E-state index in [-0.39, 0.29) is 5.79 Å². The van der Waals surface area contributed by atoms with Gasteiger partial charge in [0.25, 0.3) is 0 Å². The van der Waals surface area contributed by atoms with E-state index in [1.807, 2.05) is 12.7 Å². The highest BCUT2D eigenvalue weighted by Crippen LogP contribution is 2.70. The number of hydrogen-bond acceptors (Lipinski definition) is 2. The highest BCUT2D eigenvalue weighted by molar-refractivity contribution is 5.25. The molecule has 2 nitrogen and oxygen atoms in total. The normalized spacial score (nSPS) is 52.4. The summed E-state index contributed by atoms with van der Waals surface area (Å²) >= 11 is 0. The molecule has 0 aromatic rings. The molecular weight excluding hydrogens is 368 g/mol. The standard InChI is InChI=1S/C28H46O2/c1-18(2)12-16-28(29-6)19(3)25-24(30-28)17-23-21-11-10-20-9-7-8-14-26(20,4)22(21)13-15-27(23,25)5/h10,18-19,21-25H,7-9,11-17H2,1-6H3/t19-,21+,22-,23-,24-,25-,26-,27-,28+/m0/s1. The van der Waals surface area contributed by atoms with Crippen LogP contribution >= 0.6 is 0 Å². The van der Waals surface area contributed by atoms with Crippen molar-refractivity contribution < 1.29 is 9.47 Å². The Morgan fingerprint density at radius 2 is 1.97 bits per heavy atom. The molecule has 9 atom stereocenters. The van der Waals surface area contributed by atoms with Gasteiger partial charge in [-0.3, -0.25) is 0 Å². The maximum absolute atomic E-state index is 6.92. The van der Waals surface area contributed by atoms with Gasteiger partial charge in [-0.2, -0.15) is 0 Å². The highest BCUT2D eigenvalue weighted by atomic mass is 16.7. The van der Waals surface area contributed by atoms with Crippen LogP contribution in [0.25, 0.3) is 0 Å². The van der Waals surface area contributed by atoms with E-state index < -0.39 is 0 Å². The van der Waals surface area contributed by atoms with Crippen LogP contribution in [-0.4, -0.2) is 19.0 Å². The van der Waals surface area contributed by atoms with Gasteiger partial charge >= 0.3 is 0 Å². The average molecular weight is 415 g/mol. The van der Waals surface area contributed by atoms with E-state index in [4.69, 9.17) is 9.47 Å². The zero-order valence-electron chi connectivity index (χ0n) is 20.5. The number of allylic oxidation sites excluding steroid dienone is 2. The zero-order chi connectivity index (χ0) is 21.3. The third-order valence-corrected chi connectivity index (χ3v) is 11.1. The quantitative estimate of drug-likeness (QED) is 0.447. The third kappa shape index (κ3) is 2.88. The van der Waals surface area contributed by atoms with Gasteiger partial charge in [-0.15, -0.1) is 0 Å². The lowest BCUT2D eigenvalue weighted by atomic mass is 9.47. The van der Waals surface area contributed by atoms with Gasteiger partial charge in [0.05, 0.1) is 6.10 Å². The predicted octanol–water partition coefficient (Wildman–Crippen LogP) is 7.38. The van der Waals surface area contributed by atoms with E-state index in [2.05, 4.69) is 40.7 Å². The first-order valence-electron chi connectivity index (χ1n) is 13.2. The fourth-order valence-corrected chi connectivity index (χ4v) is 9.49. The lowest BCUT2D eigenvalue weighted by molar-refractivity contribution is -0.238. The van der Waals surface area contributed by atoms with Crippen LogP contribution in [0.2, 0.25) is 0 Å². The Kier molecular flexibility index (Phi) is 5.26. The summed E-state index contributed by atoms with van der Waals surface area (Å²) in [5.41, 5.74) is 2.76. The van der Waals surface area contributed by atoms with Crippen molar-refractivity contribution >= 4 is 0 Å². The summed E-state index contributed by atoms with van der Waals surface area (Å²) in [4.78, 5) is 0. The molecule has 5 rings (SSSR count). The molecule has 5 aliphatic rings. The van der Waals surface area contributed by atoms with E-state index in [0.717, 1.165) is 24.2 Å². The second-order valence-corrected chi connectivity index (χ2v) is 12.7. The van der Waals surface area contributed by atoms with Crippen molar-refractivity contribution in [1.82, 2.24) is 0 Å². The lowest BCUT2D eigenvalue weighted by Crippen LogP contribution is -2.51. The Labute approximate surface area is 185 Å².